The summed E-state index contributed by atoms with van der Waals surface area (Å²) < 4.78 is 13.7. The normalized spacial score (nSPS) is 19.8. The number of rotatable bonds is 6. The number of halogens is 1. The summed E-state index contributed by atoms with van der Waals surface area (Å²) in [5, 5.41) is 5.52. The van der Waals surface area contributed by atoms with Gasteiger partial charge in [0.1, 0.15) is 5.82 Å². The Morgan fingerprint density at radius 3 is 2.40 bits per heavy atom. The molecule has 2 aliphatic rings. The van der Waals surface area contributed by atoms with E-state index in [2.05, 4.69) is 10.6 Å². The second-order valence-electron chi connectivity index (χ2n) is 6.70. The van der Waals surface area contributed by atoms with Crippen molar-refractivity contribution >= 4 is 23.4 Å². The van der Waals surface area contributed by atoms with Gasteiger partial charge in [0.2, 0.25) is 17.7 Å². The fourth-order valence-corrected chi connectivity index (χ4v) is 2.89. The third-order valence-electron chi connectivity index (χ3n) is 4.63. The Labute approximate surface area is 145 Å². The molecule has 0 radical (unpaired) electrons. The van der Waals surface area contributed by atoms with E-state index in [-0.39, 0.29) is 42.4 Å². The molecule has 2 N–H and O–H groups in total. The van der Waals surface area contributed by atoms with E-state index in [1.807, 2.05) is 0 Å². The Hall–Kier alpha value is -2.44. The molecule has 25 heavy (non-hydrogen) atoms. The van der Waals surface area contributed by atoms with E-state index in [1.165, 1.54) is 11.0 Å². The number of hydrogen-bond donors (Lipinski definition) is 2. The van der Waals surface area contributed by atoms with Crippen LogP contribution in [0.2, 0.25) is 0 Å². The van der Waals surface area contributed by atoms with Crippen molar-refractivity contribution in [2.75, 3.05) is 24.5 Å². The fraction of sp³-hybridized carbons (Fsp3) is 0.500. The van der Waals surface area contributed by atoms with Crippen molar-refractivity contribution in [3.8, 4) is 0 Å². The highest BCUT2D eigenvalue weighted by Crippen LogP contribution is 2.28. The molecule has 1 aromatic rings. The average Bonchev–Trinajstić information content (AvgIpc) is 3.36. The lowest BCUT2D eigenvalue weighted by Gasteiger charge is -2.17. The van der Waals surface area contributed by atoms with Crippen LogP contribution in [0, 0.1) is 24.6 Å². The smallest absolute Gasteiger partial charge is 0.227 e. The highest BCUT2D eigenvalue weighted by Gasteiger charge is 2.35. The van der Waals surface area contributed by atoms with Gasteiger partial charge < -0.3 is 15.5 Å². The maximum absolute atomic E-state index is 13.7. The van der Waals surface area contributed by atoms with Crippen LogP contribution in [-0.2, 0) is 14.4 Å². The molecule has 1 saturated carbocycles. The van der Waals surface area contributed by atoms with E-state index in [1.54, 1.807) is 19.1 Å². The van der Waals surface area contributed by atoms with Crippen LogP contribution in [0.25, 0.3) is 0 Å². The van der Waals surface area contributed by atoms with Gasteiger partial charge in [-0.1, -0.05) is 6.07 Å². The first kappa shape index (κ1) is 17.4. The molecular formula is C18H22FN3O3. The van der Waals surface area contributed by atoms with Crippen LogP contribution in [-0.4, -0.2) is 37.4 Å². The SMILES string of the molecule is Cc1ccc(N2CC(C(=O)NCCNC(=O)C3CC3)CC2=O)cc1F. The number of benzene rings is 1. The predicted octanol–water partition coefficient (Wildman–Crippen LogP) is 1.13. The van der Waals surface area contributed by atoms with Gasteiger partial charge in [-0.3, -0.25) is 14.4 Å². The third-order valence-corrected chi connectivity index (χ3v) is 4.63. The van der Waals surface area contributed by atoms with Crippen LogP contribution in [0.5, 0.6) is 0 Å². The Morgan fingerprint density at radius 1 is 1.16 bits per heavy atom. The van der Waals surface area contributed by atoms with Crippen LogP contribution in [0.3, 0.4) is 0 Å². The molecule has 6 nitrogen and oxygen atoms in total. The van der Waals surface area contributed by atoms with Crippen LogP contribution < -0.4 is 15.5 Å². The van der Waals surface area contributed by atoms with Crippen molar-refractivity contribution in [1.29, 1.82) is 0 Å². The highest BCUT2D eigenvalue weighted by atomic mass is 19.1. The van der Waals surface area contributed by atoms with E-state index in [4.69, 9.17) is 0 Å². The van der Waals surface area contributed by atoms with Crippen LogP contribution >= 0.6 is 0 Å². The van der Waals surface area contributed by atoms with Gasteiger partial charge in [0, 0.05) is 37.7 Å². The summed E-state index contributed by atoms with van der Waals surface area (Å²) >= 11 is 0. The molecule has 1 aliphatic heterocycles. The first-order valence-electron chi connectivity index (χ1n) is 8.57. The zero-order valence-corrected chi connectivity index (χ0v) is 14.2. The maximum atomic E-state index is 13.7. The topological polar surface area (TPSA) is 78.5 Å². The molecule has 134 valence electrons. The van der Waals surface area contributed by atoms with Crippen LogP contribution in [0.15, 0.2) is 18.2 Å². The third kappa shape index (κ3) is 4.15. The van der Waals surface area contributed by atoms with E-state index >= 15 is 0 Å². The summed E-state index contributed by atoms with van der Waals surface area (Å²) in [5.74, 6) is -1.06. The minimum atomic E-state index is -0.462. The molecular weight excluding hydrogens is 325 g/mol. The Balaban J connectivity index is 1.48. The van der Waals surface area contributed by atoms with Gasteiger partial charge in [0.05, 0.1) is 5.92 Å². The molecule has 3 rings (SSSR count). The summed E-state index contributed by atoms with van der Waals surface area (Å²) in [6, 6.07) is 4.62. The molecule has 0 bridgehead atoms. The second-order valence-corrected chi connectivity index (χ2v) is 6.70. The van der Waals surface area contributed by atoms with Gasteiger partial charge in [0.15, 0.2) is 0 Å². The number of carbonyl (C=O) groups excluding carboxylic acids is 3. The molecule has 1 atom stereocenters. The number of amides is 3. The van der Waals surface area contributed by atoms with Gasteiger partial charge in [0.25, 0.3) is 0 Å². The van der Waals surface area contributed by atoms with E-state index in [0.717, 1.165) is 12.8 Å². The van der Waals surface area contributed by atoms with Crippen molar-refractivity contribution in [3.63, 3.8) is 0 Å². The molecule has 1 aromatic carbocycles. The molecule has 1 aliphatic carbocycles. The molecule has 2 fully saturated rings. The zero-order chi connectivity index (χ0) is 18.0. The van der Waals surface area contributed by atoms with Crippen LogP contribution in [0.1, 0.15) is 24.8 Å². The number of anilines is 1. The van der Waals surface area contributed by atoms with Gasteiger partial charge in [-0.05, 0) is 37.5 Å². The molecule has 7 heteroatoms. The standard InChI is InChI=1S/C18H22FN3O3/c1-11-2-5-14(9-15(11)19)22-10-13(8-16(22)23)18(25)21-7-6-20-17(24)12-3-4-12/h2,5,9,12-13H,3-4,6-8,10H2,1H3,(H,20,24)(H,21,25). The monoisotopic (exact) mass is 347 g/mol. The summed E-state index contributed by atoms with van der Waals surface area (Å²) in [6.45, 7) is 2.61. The molecule has 1 heterocycles. The molecule has 0 spiro atoms. The van der Waals surface area contributed by atoms with Crippen LogP contribution in [0.4, 0.5) is 10.1 Å². The molecule has 0 aromatic heterocycles. The van der Waals surface area contributed by atoms with E-state index < -0.39 is 5.92 Å². The lowest BCUT2D eigenvalue weighted by Crippen LogP contribution is -2.38. The Bertz CT molecular complexity index is 703. The van der Waals surface area contributed by atoms with Crippen molar-refractivity contribution in [2.45, 2.75) is 26.2 Å². The first-order chi connectivity index (χ1) is 12.0. The number of carbonyl (C=O) groups is 3. The predicted molar refractivity (Wildman–Crippen MR) is 90.3 cm³/mol. The quantitative estimate of drug-likeness (QED) is 0.757. The second kappa shape index (κ2) is 7.21. The van der Waals surface area contributed by atoms with E-state index in [9.17, 15) is 18.8 Å². The molecule has 1 unspecified atom stereocenters. The highest BCUT2D eigenvalue weighted by molar-refractivity contribution is 6.00. The number of aryl methyl sites for hydroxylation is 1. The van der Waals surface area contributed by atoms with Crippen molar-refractivity contribution in [3.05, 3.63) is 29.6 Å². The van der Waals surface area contributed by atoms with Crippen molar-refractivity contribution in [1.82, 2.24) is 10.6 Å². The summed E-state index contributed by atoms with van der Waals surface area (Å²) in [6.07, 6.45) is 1.99. The summed E-state index contributed by atoms with van der Waals surface area (Å²) in [7, 11) is 0. The largest absolute Gasteiger partial charge is 0.354 e. The minimum absolute atomic E-state index is 0.0397. The molecule has 3 amide bonds. The van der Waals surface area contributed by atoms with E-state index in [0.29, 0.717) is 24.3 Å². The Kier molecular flexibility index (Phi) is 5.01. The summed E-state index contributed by atoms with van der Waals surface area (Å²) in [4.78, 5) is 37.3. The lowest BCUT2D eigenvalue weighted by atomic mass is 10.1. The van der Waals surface area contributed by atoms with Crippen molar-refractivity contribution in [2.24, 2.45) is 11.8 Å². The fourth-order valence-electron chi connectivity index (χ4n) is 2.89. The Morgan fingerprint density at radius 2 is 1.80 bits per heavy atom. The zero-order valence-electron chi connectivity index (χ0n) is 14.2. The average molecular weight is 347 g/mol. The van der Waals surface area contributed by atoms with Crippen molar-refractivity contribution < 1.29 is 18.8 Å². The lowest BCUT2D eigenvalue weighted by molar-refractivity contribution is -0.126. The van der Waals surface area contributed by atoms with Gasteiger partial charge in [-0.15, -0.1) is 0 Å². The maximum Gasteiger partial charge on any atom is 0.227 e. The minimum Gasteiger partial charge on any atom is -0.354 e. The number of nitrogens with zero attached hydrogens (tertiary/aromatic N) is 1. The van der Waals surface area contributed by atoms with Gasteiger partial charge in [-0.2, -0.15) is 0 Å². The molecule has 1 saturated heterocycles. The first-order valence-corrected chi connectivity index (χ1v) is 8.57. The number of hydrogen-bond acceptors (Lipinski definition) is 3. The van der Waals surface area contributed by atoms with Gasteiger partial charge in [-0.25, -0.2) is 4.39 Å². The van der Waals surface area contributed by atoms with Gasteiger partial charge >= 0.3 is 0 Å². The summed E-state index contributed by atoms with van der Waals surface area (Å²) in [5.41, 5.74) is 0.984. The number of nitrogens with one attached hydrogen (secondary N) is 2.